The van der Waals surface area contributed by atoms with Gasteiger partial charge in [0.25, 0.3) is 11.2 Å². The van der Waals surface area contributed by atoms with Gasteiger partial charge in [-0.25, -0.2) is 0 Å². The highest BCUT2D eigenvalue weighted by molar-refractivity contribution is 5.92. The molecule has 1 N–H and O–H groups in total. The number of hydrogen-bond donors (Lipinski definition) is 1. The molecule has 2 aromatic heterocycles. The number of furan rings is 1. The highest BCUT2D eigenvalue weighted by atomic mass is 16.6. The molecule has 6 nitrogen and oxygen atoms in total. The third-order valence-electron chi connectivity index (χ3n) is 3.07. The number of para-hydroxylation sites is 1. The molecule has 1 aromatic carbocycles. The lowest BCUT2D eigenvalue weighted by atomic mass is 10.1. The number of H-pyrrole nitrogens is 1. The second-order valence-electron chi connectivity index (χ2n) is 4.37. The molecule has 6 heteroatoms. The number of hydrogen-bond acceptors (Lipinski definition) is 4. The van der Waals surface area contributed by atoms with Gasteiger partial charge in [0.1, 0.15) is 11.3 Å². The Hall–Kier alpha value is -3.15. The van der Waals surface area contributed by atoms with E-state index in [1.165, 1.54) is 18.4 Å². The van der Waals surface area contributed by atoms with Crippen LogP contribution in [0.15, 0.2) is 51.9 Å². The molecule has 21 heavy (non-hydrogen) atoms. The summed E-state index contributed by atoms with van der Waals surface area (Å²) >= 11 is 0. The topological polar surface area (TPSA) is 89.1 Å². The molecule has 0 unspecified atom stereocenters. The van der Waals surface area contributed by atoms with Crippen LogP contribution in [0.5, 0.6) is 0 Å². The average molecular weight is 282 g/mol. The molecule has 0 spiro atoms. The molecule has 0 aliphatic heterocycles. The first kappa shape index (κ1) is 12.9. The first-order chi connectivity index (χ1) is 10.2. The highest BCUT2D eigenvalue weighted by Gasteiger charge is 2.20. The van der Waals surface area contributed by atoms with Crippen LogP contribution in [0.4, 0.5) is 5.69 Å². The molecule has 0 saturated carbocycles. The van der Waals surface area contributed by atoms with Crippen molar-refractivity contribution in [3.05, 3.63) is 74.5 Å². The van der Waals surface area contributed by atoms with Crippen molar-refractivity contribution in [3.8, 4) is 0 Å². The lowest BCUT2D eigenvalue weighted by Gasteiger charge is -2.02. The van der Waals surface area contributed by atoms with E-state index >= 15 is 0 Å². The summed E-state index contributed by atoms with van der Waals surface area (Å²) in [5.41, 5.74) is -0.292. The van der Waals surface area contributed by atoms with Gasteiger partial charge in [0.05, 0.1) is 22.1 Å². The molecule has 0 atom stereocenters. The summed E-state index contributed by atoms with van der Waals surface area (Å²) in [7, 11) is 0. The Morgan fingerprint density at radius 1 is 1.14 bits per heavy atom. The third-order valence-corrected chi connectivity index (χ3v) is 3.07. The van der Waals surface area contributed by atoms with Gasteiger partial charge in [-0.05, 0) is 36.4 Å². The summed E-state index contributed by atoms with van der Waals surface area (Å²) in [6.07, 6.45) is 4.40. The molecule has 0 bridgehead atoms. The number of aromatic nitrogens is 1. The number of aromatic amines is 1. The van der Waals surface area contributed by atoms with E-state index in [0.29, 0.717) is 16.7 Å². The van der Waals surface area contributed by atoms with Crippen LogP contribution in [-0.4, -0.2) is 9.91 Å². The van der Waals surface area contributed by atoms with E-state index in [1.54, 1.807) is 36.4 Å². The fourth-order valence-electron chi connectivity index (χ4n) is 2.14. The maximum atomic E-state index is 12.1. The van der Waals surface area contributed by atoms with Crippen LogP contribution in [0, 0.1) is 10.1 Å². The second-order valence-corrected chi connectivity index (χ2v) is 4.37. The zero-order chi connectivity index (χ0) is 14.8. The fraction of sp³-hybridized carbons (Fsp3) is 0. The molecule has 0 saturated heterocycles. The molecular weight excluding hydrogens is 272 g/mol. The Bertz CT molecular complexity index is 892. The quantitative estimate of drug-likeness (QED) is 0.590. The minimum absolute atomic E-state index is 0.00454. The van der Waals surface area contributed by atoms with Crippen molar-refractivity contribution in [2.45, 2.75) is 0 Å². The third kappa shape index (κ3) is 2.34. The molecule has 0 amide bonds. The Morgan fingerprint density at radius 2 is 1.95 bits per heavy atom. The van der Waals surface area contributed by atoms with E-state index in [1.807, 2.05) is 0 Å². The highest BCUT2D eigenvalue weighted by Crippen LogP contribution is 2.26. The van der Waals surface area contributed by atoms with Crippen molar-refractivity contribution in [1.29, 1.82) is 0 Å². The fourth-order valence-corrected chi connectivity index (χ4v) is 2.14. The Balaban J connectivity index is 2.26. The predicted octanol–water partition coefficient (Wildman–Crippen LogP) is 3.20. The maximum absolute atomic E-state index is 12.1. The van der Waals surface area contributed by atoms with E-state index < -0.39 is 10.5 Å². The molecule has 3 rings (SSSR count). The zero-order valence-electron chi connectivity index (χ0n) is 10.8. The van der Waals surface area contributed by atoms with Crippen LogP contribution >= 0.6 is 0 Å². The summed E-state index contributed by atoms with van der Waals surface area (Å²) in [6.45, 7) is 0. The smallest absolute Gasteiger partial charge is 0.291 e. The lowest BCUT2D eigenvalue weighted by molar-refractivity contribution is -0.383. The van der Waals surface area contributed by atoms with Gasteiger partial charge >= 0.3 is 0 Å². The van der Waals surface area contributed by atoms with Crippen LogP contribution in [0.25, 0.3) is 23.1 Å². The van der Waals surface area contributed by atoms with Gasteiger partial charge in [0.2, 0.25) is 0 Å². The van der Waals surface area contributed by atoms with Crippen molar-refractivity contribution >= 4 is 28.7 Å². The van der Waals surface area contributed by atoms with Crippen molar-refractivity contribution in [1.82, 2.24) is 4.98 Å². The largest absolute Gasteiger partial charge is 0.465 e. The number of benzene rings is 1. The maximum Gasteiger partial charge on any atom is 0.291 e. The Labute approximate surface area is 118 Å². The van der Waals surface area contributed by atoms with Crippen LogP contribution in [0.1, 0.15) is 11.3 Å². The van der Waals surface area contributed by atoms with Gasteiger partial charge in [0, 0.05) is 0 Å². The molecule has 104 valence electrons. The number of pyridine rings is 1. The number of rotatable bonds is 3. The van der Waals surface area contributed by atoms with Gasteiger partial charge in [-0.1, -0.05) is 12.1 Å². The molecule has 0 aliphatic rings. The van der Waals surface area contributed by atoms with Crippen molar-refractivity contribution in [2.24, 2.45) is 0 Å². The van der Waals surface area contributed by atoms with Crippen LogP contribution in [0.3, 0.4) is 0 Å². The number of nitrogens with zero attached hydrogens (tertiary/aromatic N) is 1. The van der Waals surface area contributed by atoms with E-state index in [9.17, 15) is 14.9 Å². The number of fused-ring (bicyclic) bond motifs is 1. The molecule has 2 heterocycles. The average Bonchev–Trinajstić information content (AvgIpc) is 2.97. The standard InChI is InChI=1S/C15H10N2O4/c18-15-12(8-7-10-4-3-9-21-10)14(17(19)20)11-5-1-2-6-13(11)16-15/h1-9H,(H,16,18). The monoisotopic (exact) mass is 282 g/mol. The van der Waals surface area contributed by atoms with Crippen LogP contribution < -0.4 is 5.56 Å². The number of nitrogens with one attached hydrogen (secondary N) is 1. The summed E-state index contributed by atoms with van der Waals surface area (Å²) in [5, 5.41) is 11.7. The summed E-state index contributed by atoms with van der Waals surface area (Å²) in [4.78, 5) is 25.5. The molecule has 3 aromatic rings. The van der Waals surface area contributed by atoms with E-state index in [-0.39, 0.29) is 11.3 Å². The molecular formula is C15H10N2O4. The summed E-state index contributed by atoms with van der Waals surface area (Å²) < 4.78 is 5.11. The summed E-state index contributed by atoms with van der Waals surface area (Å²) in [6, 6.07) is 10.0. The van der Waals surface area contributed by atoms with E-state index in [4.69, 9.17) is 4.42 Å². The molecule has 0 aliphatic carbocycles. The minimum Gasteiger partial charge on any atom is -0.465 e. The van der Waals surface area contributed by atoms with Crippen LogP contribution in [0.2, 0.25) is 0 Å². The van der Waals surface area contributed by atoms with Crippen molar-refractivity contribution in [2.75, 3.05) is 0 Å². The van der Waals surface area contributed by atoms with Gasteiger partial charge in [-0.15, -0.1) is 0 Å². The van der Waals surface area contributed by atoms with E-state index in [0.717, 1.165) is 0 Å². The van der Waals surface area contributed by atoms with Crippen LogP contribution in [-0.2, 0) is 0 Å². The zero-order valence-corrected chi connectivity index (χ0v) is 10.8. The van der Waals surface area contributed by atoms with Gasteiger partial charge in [-0.2, -0.15) is 0 Å². The van der Waals surface area contributed by atoms with Crippen molar-refractivity contribution in [3.63, 3.8) is 0 Å². The lowest BCUT2D eigenvalue weighted by Crippen LogP contribution is -2.12. The number of nitro groups is 1. The van der Waals surface area contributed by atoms with Gasteiger partial charge in [0.15, 0.2) is 0 Å². The first-order valence-corrected chi connectivity index (χ1v) is 6.18. The summed E-state index contributed by atoms with van der Waals surface area (Å²) in [5.74, 6) is 0.511. The molecule has 0 fully saturated rings. The van der Waals surface area contributed by atoms with Gasteiger partial charge in [-0.3, -0.25) is 14.9 Å². The minimum atomic E-state index is -0.542. The second kappa shape index (κ2) is 5.09. The SMILES string of the molecule is O=c1[nH]c2ccccc2c([N+](=O)[O-])c1C=Cc1ccco1. The van der Waals surface area contributed by atoms with Crippen molar-refractivity contribution < 1.29 is 9.34 Å². The molecule has 0 radical (unpaired) electrons. The van der Waals surface area contributed by atoms with E-state index in [2.05, 4.69) is 4.98 Å². The predicted molar refractivity (Wildman–Crippen MR) is 78.9 cm³/mol. The Kier molecular flexibility index (Phi) is 3.12. The van der Waals surface area contributed by atoms with Gasteiger partial charge < -0.3 is 9.40 Å². The Morgan fingerprint density at radius 3 is 2.67 bits per heavy atom. The first-order valence-electron chi connectivity index (χ1n) is 6.18. The normalized spacial score (nSPS) is 11.2.